The van der Waals surface area contributed by atoms with E-state index in [1.807, 2.05) is 0 Å². The van der Waals surface area contributed by atoms with E-state index in [0.717, 1.165) is 23.0 Å². The molecule has 0 heterocycles. The first-order chi connectivity index (χ1) is 8.22. The van der Waals surface area contributed by atoms with Crippen molar-refractivity contribution in [3.63, 3.8) is 0 Å². The van der Waals surface area contributed by atoms with Gasteiger partial charge < -0.3 is 5.32 Å². The average Bonchev–Trinajstić information content (AvgIpc) is 2.83. The summed E-state index contributed by atoms with van der Waals surface area (Å²) in [5.41, 5.74) is 2.52. The van der Waals surface area contributed by atoms with Crippen molar-refractivity contribution in [1.29, 1.82) is 0 Å². The van der Waals surface area contributed by atoms with Crippen LogP contribution in [0, 0.1) is 12.8 Å². The maximum absolute atomic E-state index is 6.24. The minimum atomic E-state index is 0.487. The van der Waals surface area contributed by atoms with Gasteiger partial charge in [-0.3, -0.25) is 0 Å². The third-order valence-corrected chi connectivity index (χ3v) is 4.26. The van der Waals surface area contributed by atoms with Crippen LogP contribution >= 0.6 is 11.6 Å². The molecule has 0 radical (unpaired) electrons. The van der Waals surface area contributed by atoms with E-state index in [1.165, 1.54) is 31.2 Å². The molecular weight excluding hydrogens is 230 g/mol. The maximum atomic E-state index is 6.24. The Hall–Kier alpha value is -0.530. The number of benzene rings is 1. The highest BCUT2D eigenvalue weighted by Crippen LogP contribution is 2.36. The lowest BCUT2D eigenvalue weighted by Crippen LogP contribution is -2.26. The first-order valence-electron chi connectivity index (χ1n) is 6.71. The van der Waals surface area contributed by atoms with Gasteiger partial charge >= 0.3 is 0 Å². The van der Waals surface area contributed by atoms with Crippen LogP contribution in [0.25, 0.3) is 0 Å². The molecule has 2 heteroatoms. The van der Waals surface area contributed by atoms with E-state index in [4.69, 9.17) is 11.6 Å². The highest BCUT2D eigenvalue weighted by atomic mass is 35.5. The first kappa shape index (κ1) is 12.9. The Morgan fingerprint density at radius 3 is 2.65 bits per heavy atom. The van der Waals surface area contributed by atoms with Crippen LogP contribution in [0.15, 0.2) is 18.2 Å². The van der Waals surface area contributed by atoms with Crippen molar-refractivity contribution in [2.45, 2.75) is 45.6 Å². The van der Waals surface area contributed by atoms with Gasteiger partial charge in [-0.1, -0.05) is 43.5 Å². The van der Waals surface area contributed by atoms with Gasteiger partial charge in [-0.05, 0) is 49.4 Å². The van der Waals surface area contributed by atoms with Crippen LogP contribution in [0.1, 0.15) is 49.8 Å². The van der Waals surface area contributed by atoms with Crippen LogP contribution < -0.4 is 5.32 Å². The molecule has 2 rings (SSSR count). The number of halogens is 1. The van der Waals surface area contributed by atoms with Gasteiger partial charge in [0.05, 0.1) is 0 Å². The summed E-state index contributed by atoms with van der Waals surface area (Å²) < 4.78 is 0. The summed E-state index contributed by atoms with van der Waals surface area (Å²) in [4.78, 5) is 0. The Balaban J connectivity index is 2.21. The summed E-state index contributed by atoms with van der Waals surface area (Å²) in [6.07, 6.45) is 5.46. The number of hydrogen-bond donors (Lipinski definition) is 1. The van der Waals surface area contributed by atoms with Gasteiger partial charge in [0.1, 0.15) is 0 Å². The van der Waals surface area contributed by atoms with Crippen molar-refractivity contribution in [1.82, 2.24) is 5.32 Å². The lowest BCUT2D eigenvalue weighted by molar-refractivity contribution is 0.374. The van der Waals surface area contributed by atoms with E-state index in [1.54, 1.807) is 0 Å². The smallest absolute Gasteiger partial charge is 0.0438 e. The fourth-order valence-electron chi connectivity index (χ4n) is 2.87. The molecular formula is C15H22ClN. The molecule has 0 aromatic heterocycles. The van der Waals surface area contributed by atoms with Crippen LogP contribution in [0.3, 0.4) is 0 Å². The second-order valence-electron chi connectivity index (χ2n) is 5.09. The molecule has 1 N–H and O–H groups in total. The van der Waals surface area contributed by atoms with E-state index in [-0.39, 0.29) is 0 Å². The molecule has 1 aromatic carbocycles. The van der Waals surface area contributed by atoms with E-state index >= 15 is 0 Å². The van der Waals surface area contributed by atoms with E-state index in [2.05, 4.69) is 37.4 Å². The normalized spacial score (nSPS) is 18.5. The van der Waals surface area contributed by atoms with Gasteiger partial charge in [-0.25, -0.2) is 0 Å². The monoisotopic (exact) mass is 251 g/mol. The Kier molecular flexibility index (Phi) is 4.47. The molecule has 1 aromatic rings. The summed E-state index contributed by atoms with van der Waals surface area (Å²) in [5, 5.41) is 4.52. The Bertz CT molecular complexity index is 369. The quantitative estimate of drug-likeness (QED) is 0.832. The highest BCUT2D eigenvalue weighted by Gasteiger charge is 2.25. The highest BCUT2D eigenvalue weighted by molar-refractivity contribution is 6.31. The SMILES string of the molecule is CCNC(c1ccc(C)c(Cl)c1)C1CCCC1. The van der Waals surface area contributed by atoms with E-state index in [9.17, 15) is 0 Å². The second-order valence-corrected chi connectivity index (χ2v) is 5.50. The van der Waals surface area contributed by atoms with E-state index in [0.29, 0.717) is 6.04 Å². The molecule has 0 amide bonds. The summed E-state index contributed by atoms with van der Waals surface area (Å²) in [6.45, 7) is 5.26. The molecule has 1 nitrogen and oxygen atoms in total. The lowest BCUT2D eigenvalue weighted by atomic mass is 9.91. The van der Waals surface area contributed by atoms with Crippen molar-refractivity contribution >= 4 is 11.6 Å². The predicted molar refractivity (Wildman–Crippen MR) is 74.6 cm³/mol. The third kappa shape index (κ3) is 3.02. The Labute approximate surface area is 110 Å². The average molecular weight is 252 g/mol. The largest absolute Gasteiger partial charge is 0.310 e. The minimum absolute atomic E-state index is 0.487. The summed E-state index contributed by atoms with van der Waals surface area (Å²) >= 11 is 6.24. The van der Waals surface area contributed by atoms with Crippen molar-refractivity contribution in [3.05, 3.63) is 34.3 Å². The van der Waals surface area contributed by atoms with Gasteiger partial charge in [0, 0.05) is 11.1 Å². The van der Waals surface area contributed by atoms with Crippen molar-refractivity contribution in [2.24, 2.45) is 5.92 Å². The summed E-state index contributed by atoms with van der Waals surface area (Å²) in [6, 6.07) is 6.99. The molecule has 1 unspecified atom stereocenters. The molecule has 1 atom stereocenters. The summed E-state index contributed by atoms with van der Waals surface area (Å²) in [5.74, 6) is 0.786. The maximum Gasteiger partial charge on any atom is 0.0438 e. The lowest BCUT2D eigenvalue weighted by Gasteiger charge is -2.25. The zero-order valence-electron chi connectivity index (χ0n) is 10.8. The number of nitrogens with one attached hydrogen (secondary N) is 1. The fourth-order valence-corrected chi connectivity index (χ4v) is 3.06. The van der Waals surface area contributed by atoms with Gasteiger partial charge in [-0.2, -0.15) is 0 Å². The van der Waals surface area contributed by atoms with Gasteiger partial charge in [-0.15, -0.1) is 0 Å². The van der Waals surface area contributed by atoms with Crippen LogP contribution in [0.4, 0.5) is 0 Å². The molecule has 1 aliphatic rings. The van der Waals surface area contributed by atoms with Crippen LogP contribution in [-0.4, -0.2) is 6.54 Å². The van der Waals surface area contributed by atoms with Gasteiger partial charge in [0.15, 0.2) is 0 Å². The standard InChI is InChI=1S/C15H22ClN/c1-3-17-15(12-6-4-5-7-12)13-9-8-11(2)14(16)10-13/h8-10,12,15,17H,3-7H2,1-2H3. The van der Waals surface area contributed by atoms with E-state index < -0.39 is 0 Å². The molecule has 0 bridgehead atoms. The zero-order valence-corrected chi connectivity index (χ0v) is 11.6. The molecule has 0 aliphatic heterocycles. The van der Waals surface area contributed by atoms with Gasteiger partial charge in [0.25, 0.3) is 0 Å². The predicted octanol–water partition coefficient (Wildman–Crippen LogP) is 4.49. The van der Waals surface area contributed by atoms with Crippen molar-refractivity contribution < 1.29 is 0 Å². The van der Waals surface area contributed by atoms with Gasteiger partial charge in [0.2, 0.25) is 0 Å². The van der Waals surface area contributed by atoms with Crippen molar-refractivity contribution in [2.75, 3.05) is 6.54 Å². The molecule has 17 heavy (non-hydrogen) atoms. The minimum Gasteiger partial charge on any atom is -0.310 e. The molecule has 0 spiro atoms. The van der Waals surface area contributed by atoms with Crippen LogP contribution in [-0.2, 0) is 0 Å². The zero-order chi connectivity index (χ0) is 12.3. The molecule has 0 saturated heterocycles. The third-order valence-electron chi connectivity index (χ3n) is 3.85. The number of aryl methyl sites for hydroxylation is 1. The van der Waals surface area contributed by atoms with Crippen LogP contribution in [0.5, 0.6) is 0 Å². The number of hydrogen-bond acceptors (Lipinski definition) is 1. The molecule has 1 saturated carbocycles. The van der Waals surface area contributed by atoms with Crippen LogP contribution in [0.2, 0.25) is 5.02 Å². The topological polar surface area (TPSA) is 12.0 Å². The molecule has 1 fully saturated rings. The Morgan fingerprint density at radius 2 is 2.06 bits per heavy atom. The molecule has 1 aliphatic carbocycles. The first-order valence-corrected chi connectivity index (χ1v) is 7.09. The second kappa shape index (κ2) is 5.88. The summed E-state index contributed by atoms with van der Waals surface area (Å²) in [7, 11) is 0. The Morgan fingerprint density at radius 1 is 1.35 bits per heavy atom. The fraction of sp³-hybridized carbons (Fsp3) is 0.600. The number of rotatable bonds is 4. The molecule has 94 valence electrons. The van der Waals surface area contributed by atoms with Crippen molar-refractivity contribution in [3.8, 4) is 0 Å².